The Morgan fingerprint density at radius 2 is 1.83 bits per heavy atom. The minimum absolute atomic E-state index is 0.211. The molecule has 3 aromatic heterocycles. The molecule has 1 unspecified atom stereocenters. The molecule has 0 radical (unpaired) electrons. The molecule has 1 atom stereocenters. The number of amides is 1. The van der Waals surface area contributed by atoms with Crippen molar-refractivity contribution in [2.24, 2.45) is 0 Å². The third-order valence-corrected chi connectivity index (χ3v) is 6.87. The van der Waals surface area contributed by atoms with Gasteiger partial charge in [-0.2, -0.15) is 0 Å². The van der Waals surface area contributed by atoms with Crippen LogP contribution >= 0.6 is 23.2 Å². The monoisotopic (exact) mass is 582 g/mol. The van der Waals surface area contributed by atoms with Crippen LogP contribution in [0.1, 0.15) is 11.6 Å². The molecule has 1 N–H and O–H groups in total. The van der Waals surface area contributed by atoms with Crippen molar-refractivity contribution in [3.05, 3.63) is 124 Å². The van der Waals surface area contributed by atoms with Gasteiger partial charge in [-0.3, -0.25) is 14.2 Å². The summed E-state index contributed by atoms with van der Waals surface area (Å²) in [6.07, 6.45) is 6.31. The van der Waals surface area contributed by atoms with Crippen LogP contribution in [-0.2, 0) is 11.2 Å². The summed E-state index contributed by atoms with van der Waals surface area (Å²) in [6.45, 7) is 0. The van der Waals surface area contributed by atoms with Gasteiger partial charge < -0.3 is 5.32 Å². The number of nitrogens with one attached hydrogen (secondary N) is 1. The molecule has 6 rings (SSSR count). The van der Waals surface area contributed by atoms with Gasteiger partial charge in [0.2, 0.25) is 5.91 Å². The van der Waals surface area contributed by atoms with Crippen molar-refractivity contribution in [3.8, 4) is 16.9 Å². The first-order valence-corrected chi connectivity index (χ1v) is 13.2. The van der Waals surface area contributed by atoms with Crippen LogP contribution in [0.5, 0.6) is 0 Å². The van der Waals surface area contributed by atoms with Crippen molar-refractivity contribution in [1.82, 2.24) is 34.5 Å². The zero-order chi connectivity index (χ0) is 28.3. The molecule has 0 fully saturated rings. The molecule has 0 saturated heterocycles. The summed E-state index contributed by atoms with van der Waals surface area (Å²) in [5.41, 5.74) is 3.26. The largest absolute Gasteiger partial charge is 0.324 e. The average Bonchev–Trinajstić information content (AvgIpc) is 3.42. The third-order valence-electron chi connectivity index (χ3n) is 6.47. The van der Waals surface area contributed by atoms with Crippen molar-refractivity contribution in [3.63, 3.8) is 0 Å². The molecule has 0 aliphatic carbocycles. The second-order valence-electron chi connectivity index (χ2n) is 9.16. The van der Waals surface area contributed by atoms with E-state index in [1.165, 1.54) is 34.2 Å². The Balaban J connectivity index is 1.37. The topological polar surface area (TPSA) is 120 Å². The first-order valence-electron chi connectivity index (χ1n) is 12.5. The van der Waals surface area contributed by atoms with Gasteiger partial charge in [0.25, 0.3) is 5.56 Å². The van der Waals surface area contributed by atoms with Gasteiger partial charge in [-0.1, -0.05) is 58.7 Å². The van der Waals surface area contributed by atoms with Gasteiger partial charge in [0.1, 0.15) is 12.4 Å². The van der Waals surface area contributed by atoms with Crippen LogP contribution in [0.2, 0.25) is 10.2 Å². The fourth-order valence-electron chi connectivity index (χ4n) is 4.51. The highest BCUT2D eigenvalue weighted by molar-refractivity contribution is 6.31. The van der Waals surface area contributed by atoms with E-state index in [9.17, 15) is 9.59 Å². The molecule has 0 aliphatic rings. The Kier molecular flexibility index (Phi) is 7.24. The number of halogens is 2. The Hall–Kier alpha value is -4.93. The second kappa shape index (κ2) is 11.3. The summed E-state index contributed by atoms with van der Waals surface area (Å²) < 4.78 is 2.80. The van der Waals surface area contributed by atoms with Crippen LogP contribution in [0, 0.1) is 0 Å². The molecule has 202 valence electrons. The highest BCUT2D eigenvalue weighted by Crippen LogP contribution is 2.28. The summed E-state index contributed by atoms with van der Waals surface area (Å²) in [7, 11) is 0. The second-order valence-corrected chi connectivity index (χ2v) is 9.98. The van der Waals surface area contributed by atoms with E-state index in [4.69, 9.17) is 23.2 Å². The number of aromatic nitrogens is 7. The number of benzene rings is 3. The van der Waals surface area contributed by atoms with Gasteiger partial charge in [0.05, 0.1) is 29.4 Å². The maximum Gasteiger partial charge on any atom is 0.254 e. The minimum Gasteiger partial charge on any atom is -0.324 e. The van der Waals surface area contributed by atoms with Gasteiger partial charge in [-0.25, -0.2) is 19.6 Å². The molecule has 0 bridgehead atoms. The predicted molar refractivity (Wildman–Crippen MR) is 156 cm³/mol. The van der Waals surface area contributed by atoms with E-state index < -0.39 is 11.6 Å². The van der Waals surface area contributed by atoms with E-state index in [1.807, 2.05) is 30.3 Å². The summed E-state index contributed by atoms with van der Waals surface area (Å²) in [5.74, 6) is -0.373. The summed E-state index contributed by atoms with van der Waals surface area (Å²) in [4.78, 5) is 40.0. The van der Waals surface area contributed by atoms with Gasteiger partial charge >= 0.3 is 0 Å². The van der Waals surface area contributed by atoms with E-state index in [0.29, 0.717) is 27.7 Å². The number of fused-ring (bicyclic) bond motifs is 1. The van der Waals surface area contributed by atoms with Crippen LogP contribution < -0.4 is 10.9 Å². The first kappa shape index (κ1) is 26.3. The van der Waals surface area contributed by atoms with E-state index in [1.54, 1.807) is 42.6 Å². The van der Waals surface area contributed by atoms with Crippen molar-refractivity contribution >= 4 is 45.7 Å². The van der Waals surface area contributed by atoms with Gasteiger partial charge in [-0.15, -0.1) is 5.10 Å². The first-order chi connectivity index (χ1) is 19.9. The molecule has 3 heterocycles. The normalized spacial score (nSPS) is 11.9. The van der Waals surface area contributed by atoms with E-state index in [2.05, 4.69) is 30.6 Å². The number of nitrogens with zero attached hydrogens (tertiary/aromatic N) is 7. The molecule has 10 nitrogen and oxygen atoms in total. The van der Waals surface area contributed by atoms with Crippen LogP contribution in [0.4, 0.5) is 5.69 Å². The molecule has 41 heavy (non-hydrogen) atoms. The number of rotatable bonds is 7. The van der Waals surface area contributed by atoms with Crippen LogP contribution in [0.25, 0.3) is 27.8 Å². The Labute approximate surface area is 243 Å². The molecule has 1 amide bonds. The van der Waals surface area contributed by atoms with Gasteiger partial charge in [0.15, 0.2) is 5.15 Å². The Bertz CT molecular complexity index is 1940. The average molecular weight is 583 g/mol. The van der Waals surface area contributed by atoms with Crippen molar-refractivity contribution < 1.29 is 4.79 Å². The molecule has 6 aromatic rings. The maximum absolute atomic E-state index is 13.7. The third kappa shape index (κ3) is 5.69. The molecule has 0 aliphatic heterocycles. The lowest BCUT2D eigenvalue weighted by atomic mass is 10.0. The van der Waals surface area contributed by atoms with Gasteiger partial charge in [-0.05, 0) is 42.0 Å². The fraction of sp³-hybridized carbons (Fsp3) is 0.0690. The standard InChI is InChI=1S/C29H20Cl2N8O2/c30-20-6-9-25(39-15-27(31)36-37-39)22(12-20)24-13-28(40)38(17-34-24)26(10-18-4-2-1-3-5-18)29(41)35-21-7-8-23-19(11-21)14-32-16-33-23/h1-9,11-17,26H,10H2,(H,35,41). The molecule has 3 aromatic carbocycles. The smallest absolute Gasteiger partial charge is 0.254 e. The van der Waals surface area contributed by atoms with Crippen LogP contribution in [-0.4, -0.2) is 40.4 Å². The lowest BCUT2D eigenvalue weighted by Gasteiger charge is -2.20. The number of carbonyl (C=O) groups is 1. The quantitative estimate of drug-likeness (QED) is 0.276. The summed E-state index contributed by atoms with van der Waals surface area (Å²) in [5, 5.41) is 12.2. The Morgan fingerprint density at radius 1 is 0.976 bits per heavy atom. The summed E-state index contributed by atoms with van der Waals surface area (Å²) in [6, 6.07) is 20.4. The number of hydrogen-bond acceptors (Lipinski definition) is 7. The highest BCUT2D eigenvalue weighted by Gasteiger charge is 2.24. The number of carbonyl (C=O) groups excluding carboxylic acids is 1. The molecule has 12 heteroatoms. The van der Waals surface area contributed by atoms with E-state index in [0.717, 1.165) is 16.5 Å². The lowest BCUT2D eigenvalue weighted by molar-refractivity contribution is -0.119. The molecular weight excluding hydrogens is 563 g/mol. The zero-order valence-corrected chi connectivity index (χ0v) is 22.7. The summed E-state index contributed by atoms with van der Waals surface area (Å²) >= 11 is 12.3. The fourth-order valence-corrected chi connectivity index (χ4v) is 4.81. The maximum atomic E-state index is 13.7. The lowest BCUT2D eigenvalue weighted by Crippen LogP contribution is -2.34. The van der Waals surface area contributed by atoms with Gasteiger partial charge in [0, 0.05) is 40.3 Å². The molecule has 0 saturated carbocycles. The van der Waals surface area contributed by atoms with Crippen LogP contribution in [0.15, 0.2) is 103 Å². The highest BCUT2D eigenvalue weighted by atomic mass is 35.5. The number of anilines is 1. The van der Waals surface area contributed by atoms with Crippen molar-refractivity contribution in [2.45, 2.75) is 12.5 Å². The van der Waals surface area contributed by atoms with E-state index >= 15 is 0 Å². The van der Waals surface area contributed by atoms with Crippen LogP contribution in [0.3, 0.4) is 0 Å². The SMILES string of the molecule is O=C(Nc1ccc2ncncc2c1)C(Cc1ccccc1)n1cnc(-c2cc(Cl)ccc2-n2cc(Cl)nn2)cc1=O. The van der Waals surface area contributed by atoms with E-state index in [-0.39, 0.29) is 17.5 Å². The number of hydrogen-bond donors (Lipinski definition) is 1. The minimum atomic E-state index is -0.887. The Morgan fingerprint density at radius 3 is 2.61 bits per heavy atom. The molecular formula is C29H20Cl2N8O2. The van der Waals surface area contributed by atoms with Crippen molar-refractivity contribution in [2.75, 3.05) is 5.32 Å². The van der Waals surface area contributed by atoms with Crippen molar-refractivity contribution in [1.29, 1.82) is 0 Å². The zero-order valence-electron chi connectivity index (χ0n) is 21.2. The predicted octanol–water partition coefficient (Wildman–Crippen LogP) is 5.16. The molecule has 0 spiro atoms.